The van der Waals surface area contributed by atoms with Gasteiger partial charge in [0, 0.05) is 37.3 Å². The smallest absolute Gasteiger partial charge is 0.227 e. The second-order valence-corrected chi connectivity index (χ2v) is 9.53. The lowest BCUT2D eigenvalue weighted by Gasteiger charge is -2.40. The Morgan fingerprint density at radius 2 is 2.00 bits per heavy atom. The molecule has 1 unspecified atom stereocenters. The van der Waals surface area contributed by atoms with Crippen molar-refractivity contribution in [1.29, 1.82) is 0 Å². The first kappa shape index (κ1) is 20.8. The van der Waals surface area contributed by atoms with Crippen molar-refractivity contribution in [2.75, 3.05) is 24.5 Å². The highest BCUT2D eigenvalue weighted by molar-refractivity contribution is 7.14. The highest BCUT2D eigenvalue weighted by Gasteiger charge is 2.30. The summed E-state index contributed by atoms with van der Waals surface area (Å²) in [5, 5.41) is 2.18. The largest absolute Gasteiger partial charge is 0.358 e. The van der Waals surface area contributed by atoms with E-state index in [2.05, 4.69) is 26.8 Å². The lowest BCUT2D eigenvalue weighted by molar-refractivity contribution is -0.132. The van der Waals surface area contributed by atoms with Gasteiger partial charge in [-0.1, -0.05) is 30.3 Å². The van der Waals surface area contributed by atoms with Gasteiger partial charge in [-0.2, -0.15) is 0 Å². The number of H-pyrrole nitrogens is 1. The van der Waals surface area contributed by atoms with Crippen LogP contribution in [0.15, 0.2) is 66.3 Å². The average molecular weight is 469 g/mol. The van der Waals surface area contributed by atoms with Gasteiger partial charge in [0.15, 0.2) is 5.82 Å². The quantitative estimate of drug-likeness (QED) is 0.420. The van der Waals surface area contributed by atoms with Gasteiger partial charge in [-0.05, 0) is 36.8 Å². The van der Waals surface area contributed by atoms with Gasteiger partial charge in [0.2, 0.25) is 5.91 Å². The molecule has 1 atom stereocenters. The second-order valence-electron chi connectivity index (χ2n) is 8.70. The summed E-state index contributed by atoms with van der Waals surface area (Å²) in [6.07, 6.45) is 2.18. The molecule has 0 bridgehead atoms. The Labute approximate surface area is 201 Å². The number of piperazine rings is 1. The van der Waals surface area contributed by atoms with Gasteiger partial charge < -0.3 is 14.8 Å². The van der Waals surface area contributed by atoms with Crippen molar-refractivity contribution in [1.82, 2.24) is 24.8 Å². The number of carbonyl (C=O) groups excluding carboxylic acids is 1. The van der Waals surface area contributed by atoms with Crippen LogP contribution in [-0.2, 0) is 11.2 Å². The van der Waals surface area contributed by atoms with Crippen molar-refractivity contribution in [3.8, 4) is 11.5 Å². The van der Waals surface area contributed by atoms with Crippen molar-refractivity contribution < 1.29 is 4.79 Å². The number of fused-ring (bicyclic) bond motifs is 2. The summed E-state index contributed by atoms with van der Waals surface area (Å²) < 4.78 is 0. The molecule has 2 aromatic carbocycles. The number of nitrogens with one attached hydrogen (secondary N) is 1. The molecule has 0 saturated carbocycles. The lowest BCUT2D eigenvalue weighted by atomic mass is 10.1. The summed E-state index contributed by atoms with van der Waals surface area (Å²) in [4.78, 5) is 34.6. The molecule has 1 amide bonds. The normalized spacial score (nSPS) is 16.4. The predicted molar refractivity (Wildman–Crippen MR) is 136 cm³/mol. The fourth-order valence-corrected chi connectivity index (χ4v) is 5.54. The van der Waals surface area contributed by atoms with Crippen LogP contribution in [0.25, 0.3) is 33.5 Å². The first-order chi connectivity index (χ1) is 16.7. The van der Waals surface area contributed by atoms with Crippen LogP contribution in [-0.4, -0.2) is 56.4 Å². The Morgan fingerprint density at radius 1 is 1.09 bits per heavy atom. The van der Waals surface area contributed by atoms with Gasteiger partial charge >= 0.3 is 0 Å². The summed E-state index contributed by atoms with van der Waals surface area (Å²) in [5.41, 5.74) is 6.60. The number of anilines is 1. The van der Waals surface area contributed by atoms with E-state index in [1.165, 1.54) is 0 Å². The monoisotopic (exact) mass is 468 g/mol. The minimum absolute atomic E-state index is 0.102. The van der Waals surface area contributed by atoms with Crippen LogP contribution in [0.2, 0.25) is 0 Å². The number of rotatable bonds is 4. The Hall–Kier alpha value is -3.78. The molecule has 7 nitrogen and oxygen atoms in total. The summed E-state index contributed by atoms with van der Waals surface area (Å²) in [6.45, 7) is 4.34. The molecule has 1 N–H and O–H groups in total. The number of thiazole rings is 1. The van der Waals surface area contributed by atoms with Crippen LogP contribution in [0.1, 0.15) is 12.5 Å². The van der Waals surface area contributed by atoms with E-state index in [0.717, 1.165) is 57.1 Å². The number of amides is 1. The summed E-state index contributed by atoms with van der Waals surface area (Å²) >= 11 is 1.62. The molecular formula is C26H24N6OS. The fourth-order valence-electron chi connectivity index (χ4n) is 4.70. The minimum Gasteiger partial charge on any atom is -0.358 e. The molecule has 3 aromatic heterocycles. The summed E-state index contributed by atoms with van der Waals surface area (Å²) in [5.74, 6) is 0.942. The highest BCUT2D eigenvalue weighted by atomic mass is 32.1. The van der Waals surface area contributed by atoms with Gasteiger partial charge in [0.25, 0.3) is 0 Å². The topological polar surface area (TPSA) is 78.0 Å². The van der Waals surface area contributed by atoms with Crippen LogP contribution < -0.4 is 4.90 Å². The van der Waals surface area contributed by atoms with E-state index in [-0.39, 0.29) is 11.9 Å². The maximum Gasteiger partial charge on any atom is 0.227 e. The number of nitrogens with zero attached hydrogens (tertiary/aromatic N) is 5. The van der Waals surface area contributed by atoms with Crippen molar-refractivity contribution in [3.63, 3.8) is 0 Å². The van der Waals surface area contributed by atoms with E-state index in [9.17, 15) is 4.79 Å². The molecule has 1 aliphatic rings. The third kappa shape index (κ3) is 3.80. The molecular weight excluding hydrogens is 444 g/mol. The molecule has 34 heavy (non-hydrogen) atoms. The van der Waals surface area contributed by atoms with E-state index in [1.807, 2.05) is 65.0 Å². The number of imidazole rings is 1. The van der Waals surface area contributed by atoms with E-state index < -0.39 is 0 Å². The van der Waals surface area contributed by atoms with Crippen LogP contribution in [0.3, 0.4) is 0 Å². The molecule has 1 fully saturated rings. The molecule has 0 radical (unpaired) electrons. The van der Waals surface area contributed by atoms with Gasteiger partial charge in [0.1, 0.15) is 10.7 Å². The Bertz CT molecular complexity index is 1460. The summed E-state index contributed by atoms with van der Waals surface area (Å²) in [7, 11) is 0. The molecule has 1 aliphatic heterocycles. The number of pyridine rings is 1. The zero-order chi connectivity index (χ0) is 23.1. The van der Waals surface area contributed by atoms with Crippen LogP contribution in [0, 0.1) is 0 Å². The summed E-state index contributed by atoms with van der Waals surface area (Å²) in [6, 6.07) is 18.2. The maximum absolute atomic E-state index is 13.2. The molecule has 170 valence electrons. The minimum atomic E-state index is 0.102. The standard InChI is InChI=1S/C26H24N6OS/c1-17-15-31(26-24(28-16-34-26)25-29-20-6-2-3-7-21(20)30-25)11-12-32(17)23(33)14-18-8-9-19-5-4-10-27-22(19)13-18/h2-10,13,16-17H,11-12,14-15H2,1H3,(H,29,30). The van der Waals surface area contributed by atoms with Crippen molar-refractivity contribution in [3.05, 3.63) is 71.9 Å². The van der Waals surface area contributed by atoms with E-state index in [0.29, 0.717) is 13.0 Å². The van der Waals surface area contributed by atoms with E-state index >= 15 is 0 Å². The number of para-hydroxylation sites is 2. The Kier molecular flexibility index (Phi) is 5.22. The third-order valence-electron chi connectivity index (χ3n) is 6.42. The van der Waals surface area contributed by atoms with Gasteiger partial charge in [0.05, 0.1) is 28.5 Å². The zero-order valence-electron chi connectivity index (χ0n) is 18.8. The van der Waals surface area contributed by atoms with Crippen molar-refractivity contribution in [2.45, 2.75) is 19.4 Å². The molecule has 0 spiro atoms. The molecule has 4 heterocycles. The van der Waals surface area contributed by atoms with E-state index in [4.69, 9.17) is 4.98 Å². The first-order valence-corrected chi connectivity index (χ1v) is 12.3. The number of carbonyl (C=O) groups is 1. The number of hydrogen-bond acceptors (Lipinski definition) is 6. The zero-order valence-corrected chi connectivity index (χ0v) is 19.6. The lowest BCUT2D eigenvalue weighted by Crippen LogP contribution is -2.54. The van der Waals surface area contributed by atoms with Gasteiger partial charge in [-0.15, -0.1) is 11.3 Å². The highest BCUT2D eigenvalue weighted by Crippen LogP contribution is 2.34. The SMILES string of the molecule is CC1CN(c2scnc2-c2nc3ccccc3[nH]2)CCN1C(=O)Cc1ccc2cccnc2c1. The van der Waals surface area contributed by atoms with Gasteiger partial charge in [-0.3, -0.25) is 9.78 Å². The molecule has 1 saturated heterocycles. The van der Waals surface area contributed by atoms with E-state index in [1.54, 1.807) is 17.5 Å². The molecule has 0 aliphatic carbocycles. The molecule has 8 heteroatoms. The predicted octanol–water partition coefficient (Wildman–Crippen LogP) is 4.51. The fraction of sp³-hybridized carbons (Fsp3) is 0.231. The van der Waals surface area contributed by atoms with Gasteiger partial charge in [-0.25, -0.2) is 9.97 Å². The number of aromatic amines is 1. The molecule has 6 rings (SSSR count). The van der Waals surface area contributed by atoms with Crippen LogP contribution in [0.4, 0.5) is 5.00 Å². The van der Waals surface area contributed by atoms with Crippen molar-refractivity contribution >= 4 is 44.2 Å². The second kappa shape index (κ2) is 8.53. The Balaban J connectivity index is 1.17. The number of hydrogen-bond donors (Lipinski definition) is 1. The first-order valence-electron chi connectivity index (χ1n) is 11.4. The number of aromatic nitrogens is 4. The van der Waals surface area contributed by atoms with Crippen molar-refractivity contribution in [2.24, 2.45) is 0 Å². The maximum atomic E-state index is 13.2. The average Bonchev–Trinajstić information content (AvgIpc) is 3.51. The molecule has 5 aromatic rings. The third-order valence-corrected chi connectivity index (χ3v) is 7.31. The Morgan fingerprint density at radius 3 is 2.88 bits per heavy atom. The van der Waals surface area contributed by atoms with Crippen LogP contribution >= 0.6 is 11.3 Å². The van der Waals surface area contributed by atoms with Crippen LogP contribution in [0.5, 0.6) is 0 Å². The number of benzene rings is 2.